The zero-order valence-corrected chi connectivity index (χ0v) is 22.9. The second-order valence-corrected chi connectivity index (χ2v) is 12.3. The van der Waals surface area contributed by atoms with Crippen molar-refractivity contribution in [1.82, 2.24) is 4.98 Å². The smallest absolute Gasteiger partial charge is 0.309 e. The van der Waals surface area contributed by atoms with Crippen LogP contribution in [0.5, 0.6) is 0 Å². The number of Topliss-reactive ketones (excluding diaryl/α,β-unsaturated/α-hetero) is 1. The molecule has 2 aliphatic heterocycles. The molecule has 2 aliphatic rings. The Hall–Kier alpha value is -1.61. The van der Waals surface area contributed by atoms with Gasteiger partial charge in [-0.2, -0.15) is 0 Å². The largest absolute Gasteiger partial charge is 0.458 e. The van der Waals surface area contributed by atoms with Crippen molar-refractivity contribution < 1.29 is 29.3 Å². The molecule has 8 heteroatoms. The molecule has 3 rings (SSSR count). The van der Waals surface area contributed by atoms with E-state index in [1.54, 1.807) is 32.1 Å². The first-order chi connectivity index (χ1) is 16.2. The summed E-state index contributed by atoms with van der Waals surface area (Å²) < 4.78 is 11.9. The first-order valence-electron chi connectivity index (χ1n) is 12.6. The number of hydrogen-bond acceptors (Lipinski definition) is 8. The van der Waals surface area contributed by atoms with Crippen molar-refractivity contribution in [1.29, 1.82) is 0 Å². The van der Waals surface area contributed by atoms with Gasteiger partial charge in [0.05, 0.1) is 46.5 Å². The molecule has 7 atom stereocenters. The molecule has 0 saturated carbocycles. The summed E-state index contributed by atoms with van der Waals surface area (Å²) >= 11 is 1.56. The summed E-state index contributed by atoms with van der Waals surface area (Å²) in [5.74, 6) is -1.55. The van der Waals surface area contributed by atoms with Crippen LogP contribution < -0.4 is 0 Å². The fourth-order valence-electron chi connectivity index (χ4n) is 5.07. The lowest BCUT2D eigenvalue weighted by Gasteiger charge is -2.34. The van der Waals surface area contributed by atoms with E-state index in [1.807, 2.05) is 32.2 Å². The number of aliphatic hydroxyl groups excluding tert-OH is 2. The molecule has 0 bridgehead atoms. The number of rotatable bonds is 2. The van der Waals surface area contributed by atoms with Crippen molar-refractivity contribution in [3.05, 3.63) is 21.7 Å². The highest BCUT2D eigenvalue weighted by Gasteiger charge is 2.53. The Balaban J connectivity index is 1.85. The minimum absolute atomic E-state index is 0.0455. The van der Waals surface area contributed by atoms with E-state index < -0.39 is 35.6 Å². The van der Waals surface area contributed by atoms with Crippen LogP contribution in [0.3, 0.4) is 0 Å². The summed E-state index contributed by atoms with van der Waals surface area (Å²) in [6.07, 6.45) is 1.98. The Kier molecular flexibility index (Phi) is 8.62. The molecule has 0 amide bonds. The Morgan fingerprint density at radius 2 is 1.91 bits per heavy atom. The maximum absolute atomic E-state index is 13.2. The van der Waals surface area contributed by atoms with E-state index in [0.29, 0.717) is 6.42 Å². The second kappa shape index (κ2) is 10.8. The Bertz CT molecular complexity index is 955. The number of aromatic nitrogens is 1. The molecule has 2 N–H and O–H groups in total. The number of fused-ring (bicyclic) bond motifs is 1. The number of thiazole rings is 1. The van der Waals surface area contributed by atoms with Gasteiger partial charge in [0, 0.05) is 17.7 Å². The number of carbonyl (C=O) groups is 2. The third kappa shape index (κ3) is 6.59. The van der Waals surface area contributed by atoms with E-state index in [0.717, 1.165) is 35.5 Å². The molecule has 0 radical (unpaired) electrons. The van der Waals surface area contributed by atoms with Crippen LogP contribution in [0.4, 0.5) is 0 Å². The van der Waals surface area contributed by atoms with Crippen LogP contribution in [-0.4, -0.2) is 57.0 Å². The molecular weight excluding hydrogens is 466 g/mol. The van der Waals surface area contributed by atoms with Gasteiger partial charge in [-0.05, 0) is 51.2 Å². The molecule has 35 heavy (non-hydrogen) atoms. The van der Waals surface area contributed by atoms with Crippen molar-refractivity contribution in [2.24, 2.45) is 17.3 Å². The van der Waals surface area contributed by atoms with Crippen LogP contribution in [-0.2, 0) is 19.1 Å². The first kappa shape index (κ1) is 28.0. The molecule has 0 aromatic carbocycles. The van der Waals surface area contributed by atoms with Gasteiger partial charge in [-0.15, -0.1) is 11.3 Å². The zero-order valence-electron chi connectivity index (χ0n) is 22.0. The van der Waals surface area contributed by atoms with Crippen molar-refractivity contribution in [3.8, 4) is 0 Å². The molecule has 2 fully saturated rings. The van der Waals surface area contributed by atoms with Crippen LogP contribution in [0.2, 0.25) is 0 Å². The SMILES string of the molecule is C/C(=C\c1csc(C)n1)C1CC2O[C@]2(C)CCCC(C)C(O)C(C)C(=O)C(C)(C)[C@@H](O)CC(=O)O1. The minimum atomic E-state index is -1.23. The number of aryl methyl sites for hydroxylation is 1. The summed E-state index contributed by atoms with van der Waals surface area (Å²) in [7, 11) is 0. The summed E-state index contributed by atoms with van der Waals surface area (Å²) in [6, 6.07) is 0. The van der Waals surface area contributed by atoms with E-state index in [1.165, 1.54) is 0 Å². The molecule has 0 aliphatic carbocycles. The molecule has 0 spiro atoms. The highest BCUT2D eigenvalue weighted by atomic mass is 32.1. The summed E-state index contributed by atoms with van der Waals surface area (Å²) in [6.45, 7) is 12.8. The van der Waals surface area contributed by atoms with Crippen molar-refractivity contribution in [3.63, 3.8) is 0 Å². The third-order valence-corrected chi connectivity index (χ3v) is 8.72. The molecule has 7 nitrogen and oxygen atoms in total. The third-order valence-electron chi connectivity index (χ3n) is 7.93. The molecule has 3 heterocycles. The van der Waals surface area contributed by atoms with Crippen LogP contribution in [0.15, 0.2) is 11.0 Å². The number of ketones is 1. The standard InChI is InChI=1S/C27H41NO6S/c1-15-9-8-10-27(7)22(34-27)12-20(16(2)11-19-14-35-18(4)28-19)33-23(30)13-21(29)26(5,6)25(32)17(3)24(15)31/h11,14-15,17,20-22,24,29,31H,8-10,12-13H2,1-7H3/b16-11+/t15?,17?,20?,21-,22?,24?,27+/m0/s1. The minimum Gasteiger partial charge on any atom is -0.458 e. The quantitative estimate of drug-likeness (QED) is 0.449. The Labute approximate surface area is 212 Å². The summed E-state index contributed by atoms with van der Waals surface area (Å²) in [5.41, 5.74) is 0.179. The molecular formula is C27H41NO6S. The van der Waals surface area contributed by atoms with Crippen molar-refractivity contribution in [2.45, 2.75) is 111 Å². The van der Waals surface area contributed by atoms with Crippen molar-refractivity contribution in [2.75, 3.05) is 0 Å². The lowest BCUT2D eigenvalue weighted by Crippen LogP contribution is -2.45. The van der Waals surface area contributed by atoms with Gasteiger partial charge >= 0.3 is 5.97 Å². The number of hydrogen-bond donors (Lipinski definition) is 2. The number of ether oxygens (including phenoxy) is 2. The van der Waals surface area contributed by atoms with Gasteiger partial charge in [0.15, 0.2) is 0 Å². The summed E-state index contributed by atoms with van der Waals surface area (Å²) in [5, 5.41) is 24.6. The Morgan fingerprint density at radius 1 is 1.23 bits per heavy atom. The van der Waals surface area contributed by atoms with Crippen LogP contribution in [0, 0.1) is 24.2 Å². The van der Waals surface area contributed by atoms with E-state index >= 15 is 0 Å². The average Bonchev–Trinajstić information content (AvgIpc) is 3.22. The monoisotopic (exact) mass is 507 g/mol. The lowest BCUT2D eigenvalue weighted by atomic mass is 9.73. The van der Waals surface area contributed by atoms with E-state index in [2.05, 4.69) is 11.9 Å². The second-order valence-electron chi connectivity index (χ2n) is 11.3. The number of esters is 1. The maximum atomic E-state index is 13.2. The average molecular weight is 508 g/mol. The highest BCUT2D eigenvalue weighted by molar-refractivity contribution is 7.09. The van der Waals surface area contributed by atoms with Gasteiger partial charge in [0.2, 0.25) is 0 Å². The van der Waals surface area contributed by atoms with Gasteiger partial charge in [-0.25, -0.2) is 4.98 Å². The first-order valence-corrected chi connectivity index (χ1v) is 13.5. The van der Waals surface area contributed by atoms with Gasteiger partial charge in [0.25, 0.3) is 0 Å². The van der Waals surface area contributed by atoms with Crippen LogP contribution in [0.1, 0.15) is 84.3 Å². The number of carbonyl (C=O) groups excluding carboxylic acids is 2. The normalized spacial score (nSPS) is 37.5. The molecule has 196 valence electrons. The van der Waals surface area contributed by atoms with Crippen LogP contribution in [0.25, 0.3) is 6.08 Å². The van der Waals surface area contributed by atoms with Gasteiger partial charge in [0.1, 0.15) is 11.9 Å². The lowest BCUT2D eigenvalue weighted by molar-refractivity contribution is -0.154. The van der Waals surface area contributed by atoms with E-state index in [-0.39, 0.29) is 29.8 Å². The number of nitrogens with zero attached hydrogens (tertiary/aromatic N) is 1. The molecule has 1 aromatic heterocycles. The number of epoxide rings is 1. The predicted octanol–water partition coefficient (Wildman–Crippen LogP) is 4.48. The fraction of sp³-hybridized carbons (Fsp3) is 0.741. The molecule has 2 saturated heterocycles. The zero-order chi connectivity index (χ0) is 26.1. The van der Waals surface area contributed by atoms with Crippen LogP contribution >= 0.6 is 11.3 Å². The van der Waals surface area contributed by atoms with E-state index in [9.17, 15) is 19.8 Å². The van der Waals surface area contributed by atoms with Crippen molar-refractivity contribution >= 4 is 29.2 Å². The predicted molar refractivity (Wildman–Crippen MR) is 136 cm³/mol. The van der Waals surface area contributed by atoms with Gasteiger partial charge in [-0.1, -0.05) is 34.1 Å². The molecule has 5 unspecified atom stereocenters. The Morgan fingerprint density at radius 3 is 2.54 bits per heavy atom. The van der Waals surface area contributed by atoms with Gasteiger partial charge in [-0.3, -0.25) is 9.59 Å². The van der Waals surface area contributed by atoms with Gasteiger partial charge < -0.3 is 19.7 Å². The number of cyclic esters (lactones) is 1. The summed E-state index contributed by atoms with van der Waals surface area (Å²) in [4.78, 5) is 30.6. The van der Waals surface area contributed by atoms with E-state index in [4.69, 9.17) is 9.47 Å². The molecule has 1 aromatic rings. The topological polar surface area (TPSA) is 109 Å². The highest BCUT2D eigenvalue weighted by Crippen LogP contribution is 2.45. The maximum Gasteiger partial charge on any atom is 0.309 e. The number of aliphatic hydroxyl groups is 2. The fourth-order valence-corrected chi connectivity index (χ4v) is 5.64.